The largest absolute Gasteiger partial charge is 0.468 e. The quantitative estimate of drug-likeness (QED) is 0.482. The van der Waals surface area contributed by atoms with E-state index in [4.69, 9.17) is 9.15 Å². The predicted molar refractivity (Wildman–Crippen MR) is 133 cm³/mol. The van der Waals surface area contributed by atoms with Crippen LogP contribution >= 0.6 is 11.3 Å². The Labute approximate surface area is 212 Å². The van der Waals surface area contributed by atoms with Gasteiger partial charge in [0.15, 0.2) is 9.84 Å². The maximum atomic E-state index is 13.5. The molecule has 0 radical (unpaired) electrons. The summed E-state index contributed by atoms with van der Waals surface area (Å²) < 4.78 is 37.5. The fourth-order valence-corrected chi connectivity index (χ4v) is 7.85. The van der Waals surface area contributed by atoms with Crippen molar-refractivity contribution in [3.05, 3.63) is 64.4 Å². The van der Waals surface area contributed by atoms with Crippen LogP contribution in [0.15, 0.2) is 52.0 Å². The van der Waals surface area contributed by atoms with Crippen LogP contribution in [0.1, 0.15) is 51.6 Å². The molecule has 0 fully saturated rings. The predicted octanol–water partition coefficient (Wildman–Crippen LogP) is 3.90. The number of nitrogens with zero attached hydrogens (tertiary/aromatic N) is 1. The second-order valence-electron chi connectivity index (χ2n) is 8.53. The monoisotopic (exact) mass is 528 g/mol. The summed E-state index contributed by atoms with van der Waals surface area (Å²) in [6.07, 6.45) is 3.48. The molecule has 9 nitrogen and oxygen atoms in total. The van der Waals surface area contributed by atoms with E-state index in [1.807, 2.05) is 0 Å². The van der Waals surface area contributed by atoms with E-state index in [9.17, 15) is 22.8 Å². The Morgan fingerprint density at radius 3 is 2.75 bits per heavy atom. The molecule has 1 aromatic carbocycles. The van der Waals surface area contributed by atoms with Crippen LogP contribution in [0.2, 0.25) is 0 Å². The molecule has 0 spiro atoms. The minimum absolute atomic E-state index is 0.0487. The van der Waals surface area contributed by atoms with E-state index in [1.54, 1.807) is 25.1 Å². The van der Waals surface area contributed by atoms with Crippen molar-refractivity contribution in [2.24, 2.45) is 0 Å². The highest BCUT2D eigenvalue weighted by Crippen LogP contribution is 2.42. The van der Waals surface area contributed by atoms with Crippen LogP contribution in [0.25, 0.3) is 0 Å². The molecule has 1 N–H and O–H groups in total. The average Bonchev–Trinajstić information content (AvgIpc) is 3.58. The number of carbonyl (C=O) groups is 3. The number of furan rings is 1. The molecule has 1 aliphatic carbocycles. The number of hydrogen-bond donors (Lipinski definition) is 1. The number of amides is 2. The molecule has 1 atom stereocenters. The molecule has 0 bridgehead atoms. The Morgan fingerprint density at radius 1 is 1.19 bits per heavy atom. The molecule has 5 rings (SSSR count). The third-order valence-electron chi connectivity index (χ3n) is 6.31. The van der Waals surface area contributed by atoms with E-state index in [1.165, 1.54) is 40.7 Å². The van der Waals surface area contributed by atoms with Crippen molar-refractivity contribution in [1.29, 1.82) is 0 Å². The van der Waals surface area contributed by atoms with Gasteiger partial charge in [-0.1, -0.05) is 12.1 Å². The Balaban J connectivity index is 1.46. The van der Waals surface area contributed by atoms with E-state index in [0.717, 1.165) is 29.7 Å². The minimum atomic E-state index is -3.97. The molecule has 1 aliphatic heterocycles. The molecule has 3 aromatic rings. The molecule has 36 heavy (non-hydrogen) atoms. The molecule has 2 amide bonds. The first-order chi connectivity index (χ1) is 17.3. The number of carbonyl (C=O) groups excluding carboxylic acids is 3. The van der Waals surface area contributed by atoms with Crippen molar-refractivity contribution in [2.45, 2.75) is 42.8 Å². The molecule has 11 heteroatoms. The third-order valence-corrected chi connectivity index (χ3v) is 9.63. The zero-order valence-electron chi connectivity index (χ0n) is 19.5. The van der Waals surface area contributed by atoms with Gasteiger partial charge in [-0.3, -0.25) is 9.59 Å². The Kier molecular flexibility index (Phi) is 6.44. The van der Waals surface area contributed by atoms with Crippen LogP contribution in [0.5, 0.6) is 0 Å². The number of ether oxygens (including phenoxy) is 1. The van der Waals surface area contributed by atoms with Gasteiger partial charge in [-0.2, -0.15) is 0 Å². The highest BCUT2D eigenvalue weighted by atomic mass is 32.2. The number of fused-ring (bicyclic) bond motifs is 2. The summed E-state index contributed by atoms with van der Waals surface area (Å²) in [5.41, 5.74) is 1.40. The van der Waals surface area contributed by atoms with Crippen LogP contribution in [0, 0.1) is 0 Å². The third kappa shape index (κ3) is 4.22. The standard InChI is InChI=1S/C25H24N2O7S2/c1-2-33-25(30)23-15-7-5-10-18(15)35-24(23)26-21(28)14-27-16-8-3-4-11-19(16)36(31,32)20(13-22(27)29)17-9-6-12-34-17/h3-4,6,8-9,11-12,20H,2,5,7,10,13-14H2,1H3,(H,26,28). The summed E-state index contributed by atoms with van der Waals surface area (Å²) in [7, 11) is -3.97. The zero-order valence-corrected chi connectivity index (χ0v) is 21.1. The van der Waals surface area contributed by atoms with Gasteiger partial charge in [0.2, 0.25) is 11.8 Å². The molecule has 188 valence electrons. The Bertz CT molecular complexity index is 1440. The van der Waals surface area contributed by atoms with Gasteiger partial charge < -0.3 is 19.4 Å². The number of sulfone groups is 1. The second kappa shape index (κ2) is 9.55. The molecule has 2 aromatic heterocycles. The van der Waals surface area contributed by atoms with Crippen molar-refractivity contribution >= 4 is 49.6 Å². The van der Waals surface area contributed by atoms with Gasteiger partial charge in [-0.05, 0) is 56.0 Å². The first-order valence-electron chi connectivity index (χ1n) is 11.6. The number of hydrogen-bond acceptors (Lipinski definition) is 8. The first kappa shape index (κ1) is 24.3. The number of anilines is 2. The molecule has 2 aliphatic rings. The Hall–Kier alpha value is -3.44. The molecule has 0 saturated heterocycles. The number of benzene rings is 1. The van der Waals surface area contributed by atoms with Gasteiger partial charge in [0.1, 0.15) is 22.6 Å². The molecule has 1 unspecified atom stereocenters. The van der Waals surface area contributed by atoms with Crippen LogP contribution in [-0.4, -0.2) is 39.4 Å². The number of esters is 1. The van der Waals surface area contributed by atoms with Gasteiger partial charge >= 0.3 is 5.97 Å². The van der Waals surface area contributed by atoms with Crippen molar-refractivity contribution in [2.75, 3.05) is 23.4 Å². The fraction of sp³-hybridized carbons (Fsp3) is 0.320. The number of nitrogens with one attached hydrogen (secondary N) is 1. The van der Waals surface area contributed by atoms with Crippen LogP contribution < -0.4 is 10.2 Å². The SMILES string of the molecule is CCOC(=O)c1c(NC(=O)CN2C(=O)CC(c3ccco3)S(=O)(=O)c3ccccc32)sc2c1CCC2. The molecule has 0 saturated carbocycles. The zero-order chi connectivity index (χ0) is 25.4. The topological polar surface area (TPSA) is 123 Å². The lowest BCUT2D eigenvalue weighted by atomic mass is 10.1. The normalized spacial score (nSPS) is 18.3. The number of rotatable bonds is 6. The van der Waals surface area contributed by atoms with Crippen molar-refractivity contribution in [3.63, 3.8) is 0 Å². The van der Waals surface area contributed by atoms with Crippen molar-refractivity contribution < 1.29 is 32.0 Å². The summed E-state index contributed by atoms with van der Waals surface area (Å²) in [5.74, 6) is -1.40. The summed E-state index contributed by atoms with van der Waals surface area (Å²) in [5, 5.41) is 1.96. The summed E-state index contributed by atoms with van der Waals surface area (Å²) >= 11 is 1.34. The second-order valence-corrected chi connectivity index (χ2v) is 11.7. The number of thiophene rings is 1. The van der Waals surface area contributed by atoms with Crippen molar-refractivity contribution in [1.82, 2.24) is 0 Å². The maximum absolute atomic E-state index is 13.5. The summed E-state index contributed by atoms with van der Waals surface area (Å²) in [4.78, 5) is 41.3. The molecular formula is C25H24N2O7S2. The average molecular weight is 529 g/mol. The fourth-order valence-electron chi connectivity index (χ4n) is 4.71. The summed E-state index contributed by atoms with van der Waals surface area (Å²) in [6.45, 7) is 1.51. The lowest BCUT2D eigenvalue weighted by Gasteiger charge is -2.21. The highest BCUT2D eigenvalue weighted by molar-refractivity contribution is 7.92. The van der Waals surface area contributed by atoms with E-state index in [0.29, 0.717) is 10.6 Å². The number of para-hydroxylation sites is 1. The van der Waals surface area contributed by atoms with Gasteiger partial charge in [-0.15, -0.1) is 11.3 Å². The van der Waals surface area contributed by atoms with Crippen LogP contribution in [-0.2, 0) is 37.0 Å². The smallest absolute Gasteiger partial charge is 0.341 e. The van der Waals surface area contributed by atoms with Crippen LogP contribution in [0.4, 0.5) is 10.7 Å². The van der Waals surface area contributed by atoms with Gasteiger partial charge in [0, 0.05) is 4.88 Å². The lowest BCUT2D eigenvalue weighted by Crippen LogP contribution is -2.38. The van der Waals surface area contributed by atoms with Gasteiger partial charge in [-0.25, -0.2) is 13.2 Å². The minimum Gasteiger partial charge on any atom is -0.468 e. The van der Waals surface area contributed by atoms with Gasteiger partial charge in [0.25, 0.3) is 0 Å². The Morgan fingerprint density at radius 2 is 2.00 bits per heavy atom. The van der Waals surface area contributed by atoms with E-state index >= 15 is 0 Å². The lowest BCUT2D eigenvalue weighted by molar-refractivity contribution is -0.121. The number of aryl methyl sites for hydroxylation is 1. The molecular weight excluding hydrogens is 504 g/mol. The summed E-state index contributed by atoms with van der Waals surface area (Å²) in [6, 6.07) is 9.20. The van der Waals surface area contributed by atoms with Crippen LogP contribution in [0.3, 0.4) is 0 Å². The first-order valence-corrected chi connectivity index (χ1v) is 14.0. The molecule has 3 heterocycles. The van der Waals surface area contributed by atoms with E-state index < -0.39 is 39.4 Å². The van der Waals surface area contributed by atoms with Gasteiger partial charge in [0.05, 0.1) is 35.4 Å². The van der Waals surface area contributed by atoms with Crippen molar-refractivity contribution in [3.8, 4) is 0 Å². The van der Waals surface area contributed by atoms with E-state index in [-0.39, 0.29) is 29.4 Å². The maximum Gasteiger partial charge on any atom is 0.341 e. The highest BCUT2D eigenvalue weighted by Gasteiger charge is 2.41. The van der Waals surface area contributed by atoms with E-state index in [2.05, 4.69) is 5.32 Å².